The first-order valence-electron chi connectivity index (χ1n) is 9.50. The van der Waals surface area contributed by atoms with Crippen molar-refractivity contribution in [1.29, 1.82) is 0 Å². The van der Waals surface area contributed by atoms with Crippen LogP contribution in [0.2, 0.25) is 15.1 Å². The van der Waals surface area contributed by atoms with Crippen LogP contribution in [-0.4, -0.2) is 20.7 Å². The summed E-state index contributed by atoms with van der Waals surface area (Å²) in [6, 6.07) is 14.3. The number of aromatic nitrogens is 3. The predicted molar refractivity (Wildman–Crippen MR) is 123 cm³/mol. The van der Waals surface area contributed by atoms with Gasteiger partial charge in [-0.1, -0.05) is 64.6 Å². The number of hydrogen-bond acceptors (Lipinski definition) is 5. The number of rotatable bonds is 7. The van der Waals surface area contributed by atoms with E-state index in [1.165, 1.54) is 23.8 Å². The minimum absolute atomic E-state index is 0.0256. The molecule has 2 aromatic carbocycles. The second kappa shape index (κ2) is 9.65. The first kappa shape index (κ1) is 22.2. The summed E-state index contributed by atoms with van der Waals surface area (Å²) < 4.78 is 12.8. The smallest absolute Gasteiger partial charge is 0.293 e. The van der Waals surface area contributed by atoms with E-state index >= 15 is 0 Å². The van der Waals surface area contributed by atoms with Gasteiger partial charge in [-0.3, -0.25) is 10.1 Å². The largest absolute Gasteiger partial charge is 0.483 e. The lowest BCUT2D eigenvalue weighted by molar-refractivity contribution is 0.0991. The molecule has 2 aromatic heterocycles. The van der Waals surface area contributed by atoms with Gasteiger partial charge in [0, 0.05) is 5.02 Å². The Morgan fingerprint density at radius 2 is 1.81 bits per heavy atom. The number of halogens is 3. The summed E-state index contributed by atoms with van der Waals surface area (Å²) in [4.78, 5) is 16.6. The molecule has 0 aliphatic heterocycles. The van der Waals surface area contributed by atoms with Gasteiger partial charge in [-0.25, -0.2) is 9.67 Å². The van der Waals surface area contributed by atoms with Gasteiger partial charge in [0.1, 0.15) is 18.7 Å². The molecule has 0 saturated heterocycles. The summed E-state index contributed by atoms with van der Waals surface area (Å²) >= 11 is 18.1. The maximum Gasteiger partial charge on any atom is 0.293 e. The van der Waals surface area contributed by atoms with E-state index in [4.69, 9.17) is 44.0 Å². The third-order valence-electron chi connectivity index (χ3n) is 4.43. The third kappa shape index (κ3) is 5.43. The number of anilines is 1. The lowest BCUT2D eigenvalue weighted by Crippen LogP contribution is -2.12. The fraction of sp³-hybridized carbons (Fsp3) is 0.136. The minimum atomic E-state index is -0.480. The summed E-state index contributed by atoms with van der Waals surface area (Å²) in [5.74, 6) is 0.480. The standard InChI is InChI=1S/C22H17Cl3N4O3/c1-13-2-4-14(5-3-13)10-29-12-26-22(28-29)27-21(30)19-7-6-16(32-19)11-31-20-17(24)8-15(23)9-18(20)25/h2-9,12H,10-11H2,1H3,(H,27,28,30). The molecule has 1 N–H and O–H groups in total. The van der Waals surface area contributed by atoms with Crippen molar-refractivity contribution in [3.63, 3.8) is 0 Å². The Kier molecular flexibility index (Phi) is 6.69. The van der Waals surface area contributed by atoms with E-state index in [1.807, 2.05) is 31.2 Å². The third-order valence-corrected chi connectivity index (χ3v) is 5.21. The average Bonchev–Trinajstić information content (AvgIpc) is 3.38. The second-order valence-corrected chi connectivity index (χ2v) is 8.21. The van der Waals surface area contributed by atoms with Crippen molar-refractivity contribution in [2.75, 3.05) is 5.32 Å². The van der Waals surface area contributed by atoms with Crippen LogP contribution in [-0.2, 0) is 13.2 Å². The average molecular weight is 492 g/mol. The molecule has 0 aliphatic rings. The Hall–Kier alpha value is -3.00. The fourth-order valence-corrected chi connectivity index (χ4v) is 3.79. The summed E-state index contributed by atoms with van der Waals surface area (Å²) in [6.45, 7) is 2.60. The van der Waals surface area contributed by atoms with Crippen molar-refractivity contribution in [3.8, 4) is 5.75 Å². The zero-order valence-electron chi connectivity index (χ0n) is 16.8. The predicted octanol–water partition coefficient (Wildman–Crippen LogP) is 6.02. The molecule has 32 heavy (non-hydrogen) atoms. The van der Waals surface area contributed by atoms with Crippen LogP contribution in [0.4, 0.5) is 5.95 Å². The first-order valence-corrected chi connectivity index (χ1v) is 10.6. The summed E-state index contributed by atoms with van der Waals surface area (Å²) in [7, 11) is 0. The number of ether oxygens (including phenoxy) is 1. The molecule has 0 spiro atoms. The van der Waals surface area contributed by atoms with Gasteiger partial charge in [0.15, 0.2) is 11.5 Å². The number of nitrogens with zero attached hydrogens (tertiary/aromatic N) is 3. The summed E-state index contributed by atoms with van der Waals surface area (Å²) in [5.41, 5.74) is 2.26. The van der Waals surface area contributed by atoms with Crippen LogP contribution < -0.4 is 10.1 Å². The molecular weight excluding hydrogens is 475 g/mol. The summed E-state index contributed by atoms with van der Waals surface area (Å²) in [5, 5.41) is 7.84. The van der Waals surface area contributed by atoms with Crippen LogP contribution in [0.25, 0.3) is 0 Å². The van der Waals surface area contributed by atoms with Gasteiger partial charge < -0.3 is 9.15 Å². The van der Waals surface area contributed by atoms with Gasteiger partial charge in [0.25, 0.3) is 5.91 Å². The molecule has 0 fully saturated rings. The van der Waals surface area contributed by atoms with Crippen molar-refractivity contribution >= 4 is 46.7 Å². The number of amides is 1. The Morgan fingerprint density at radius 1 is 1.09 bits per heavy atom. The zero-order valence-corrected chi connectivity index (χ0v) is 19.1. The van der Waals surface area contributed by atoms with Crippen LogP contribution in [0.15, 0.2) is 59.3 Å². The first-order chi connectivity index (χ1) is 15.4. The normalized spacial score (nSPS) is 10.9. The SMILES string of the molecule is Cc1ccc(Cn2cnc(NC(=O)c3ccc(COc4c(Cl)cc(Cl)cc4Cl)o3)n2)cc1. The van der Waals surface area contributed by atoms with Gasteiger partial charge in [-0.2, -0.15) is 0 Å². The monoisotopic (exact) mass is 490 g/mol. The zero-order chi connectivity index (χ0) is 22.7. The van der Waals surface area contributed by atoms with Crippen LogP contribution in [0.3, 0.4) is 0 Å². The molecule has 10 heteroatoms. The highest BCUT2D eigenvalue weighted by atomic mass is 35.5. The molecule has 0 bridgehead atoms. The molecule has 4 aromatic rings. The Bertz CT molecular complexity index is 1230. The number of hydrogen-bond donors (Lipinski definition) is 1. The molecule has 0 aliphatic carbocycles. The maximum atomic E-state index is 12.5. The fourth-order valence-electron chi connectivity index (χ4n) is 2.86. The Morgan fingerprint density at radius 3 is 2.53 bits per heavy atom. The number of benzene rings is 2. The van der Waals surface area contributed by atoms with Gasteiger partial charge in [-0.05, 0) is 36.8 Å². The molecule has 7 nitrogen and oxygen atoms in total. The molecule has 1 amide bonds. The van der Waals surface area contributed by atoms with Crippen molar-refractivity contribution in [1.82, 2.24) is 14.8 Å². The maximum absolute atomic E-state index is 12.5. The highest BCUT2D eigenvalue weighted by molar-refractivity contribution is 6.40. The highest BCUT2D eigenvalue weighted by Gasteiger charge is 2.15. The summed E-state index contributed by atoms with van der Waals surface area (Å²) in [6.07, 6.45) is 1.55. The van der Waals surface area contributed by atoms with Crippen molar-refractivity contribution in [2.24, 2.45) is 0 Å². The van der Waals surface area contributed by atoms with Gasteiger partial charge in [-0.15, -0.1) is 5.10 Å². The van der Waals surface area contributed by atoms with Crippen molar-refractivity contribution in [3.05, 3.63) is 92.6 Å². The topological polar surface area (TPSA) is 82.2 Å². The Labute approximate surface area is 198 Å². The van der Waals surface area contributed by atoms with Crippen molar-refractivity contribution in [2.45, 2.75) is 20.1 Å². The van der Waals surface area contributed by atoms with E-state index in [1.54, 1.807) is 17.1 Å². The molecule has 0 saturated carbocycles. The van der Waals surface area contributed by atoms with E-state index in [2.05, 4.69) is 15.4 Å². The number of nitrogens with one attached hydrogen (secondary N) is 1. The van der Waals surface area contributed by atoms with E-state index in [0.717, 1.165) is 5.56 Å². The van der Waals surface area contributed by atoms with E-state index in [-0.39, 0.29) is 34.1 Å². The quantitative estimate of drug-likeness (QED) is 0.342. The molecule has 0 unspecified atom stereocenters. The Balaban J connectivity index is 1.35. The molecule has 0 atom stereocenters. The lowest BCUT2D eigenvalue weighted by Gasteiger charge is -2.09. The number of aryl methyl sites for hydroxylation is 1. The second-order valence-electron chi connectivity index (χ2n) is 6.96. The molecule has 164 valence electrons. The highest BCUT2D eigenvalue weighted by Crippen LogP contribution is 2.36. The van der Waals surface area contributed by atoms with E-state index in [0.29, 0.717) is 17.3 Å². The van der Waals surface area contributed by atoms with E-state index < -0.39 is 5.91 Å². The van der Waals surface area contributed by atoms with Crippen LogP contribution in [0, 0.1) is 6.92 Å². The van der Waals surface area contributed by atoms with Gasteiger partial charge in [0.2, 0.25) is 5.95 Å². The number of furan rings is 1. The number of carbonyl (C=O) groups excluding carboxylic acids is 1. The minimum Gasteiger partial charge on any atom is -0.483 e. The molecule has 0 radical (unpaired) electrons. The van der Waals surface area contributed by atoms with E-state index in [9.17, 15) is 4.79 Å². The molecule has 4 rings (SSSR count). The molecule has 2 heterocycles. The van der Waals surface area contributed by atoms with Crippen LogP contribution in [0.1, 0.15) is 27.4 Å². The lowest BCUT2D eigenvalue weighted by atomic mass is 10.1. The van der Waals surface area contributed by atoms with Gasteiger partial charge in [0.05, 0.1) is 16.6 Å². The van der Waals surface area contributed by atoms with Crippen LogP contribution >= 0.6 is 34.8 Å². The molecular formula is C22H17Cl3N4O3. The number of carbonyl (C=O) groups is 1. The van der Waals surface area contributed by atoms with Crippen molar-refractivity contribution < 1.29 is 13.9 Å². The van der Waals surface area contributed by atoms with Crippen LogP contribution in [0.5, 0.6) is 5.75 Å². The van der Waals surface area contributed by atoms with Gasteiger partial charge >= 0.3 is 0 Å².